The fourth-order valence-electron chi connectivity index (χ4n) is 4.50. The second kappa shape index (κ2) is 12.8. The van der Waals surface area contributed by atoms with E-state index in [0.29, 0.717) is 61.4 Å². The van der Waals surface area contributed by atoms with E-state index in [9.17, 15) is 37.7 Å². The number of ether oxygens (including phenoxy) is 2. The monoisotopic (exact) mass is 628 g/mol. The standard InChI is InChI=1S/C29H23F3N4O7S/c30-29(31,32)19-8-9-24(23(16-19)36(40)41)43-20-5-3-4-18(14-20)15-25-27(38)35(28(39)44-25)17-26(37)33-21-6-1-2-7-22(21)34-10-12-42-13-11-34/h1-9,14-16H,10-13,17H2,(H,33,37)/b25-15+. The molecule has 0 unspecified atom stereocenters. The summed E-state index contributed by atoms with van der Waals surface area (Å²) >= 11 is 0.631. The predicted octanol–water partition coefficient (Wildman–Crippen LogP) is 5.92. The van der Waals surface area contributed by atoms with E-state index in [0.717, 1.165) is 16.7 Å². The van der Waals surface area contributed by atoms with E-state index < -0.39 is 51.7 Å². The number of halogens is 3. The van der Waals surface area contributed by atoms with Crippen LogP contribution in [0.4, 0.5) is 35.0 Å². The number of carbonyl (C=O) groups excluding carboxylic acids is 3. The number of morpholine rings is 1. The van der Waals surface area contributed by atoms with Crippen LogP contribution in [0.25, 0.3) is 6.08 Å². The van der Waals surface area contributed by atoms with Gasteiger partial charge in [-0.15, -0.1) is 0 Å². The maximum Gasteiger partial charge on any atom is 0.416 e. The van der Waals surface area contributed by atoms with Gasteiger partial charge >= 0.3 is 11.9 Å². The van der Waals surface area contributed by atoms with Crippen molar-refractivity contribution >= 4 is 52.0 Å². The summed E-state index contributed by atoms with van der Waals surface area (Å²) in [6.07, 6.45) is -3.40. The molecule has 11 nitrogen and oxygen atoms in total. The maximum absolute atomic E-state index is 13.0. The lowest BCUT2D eigenvalue weighted by molar-refractivity contribution is -0.385. The first-order valence-corrected chi connectivity index (χ1v) is 13.9. The van der Waals surface area contributed by atoms with Crippen molar-refractivity contribution in [1.82, 2.24) is 4.90 Å². The highest BCUT2D eigenvalue weighted by Gasteiger charge is 2.37. The van der Waals surface area contributed by atoms with Crippen LogP contribution < -0.4 is 15.0 Å². The lowest BCUT2D eigenvalue weighted by Crippen LogP contribution is -2.38. The molecule has 228 valence electrons. The topological polar surface area (TPSA) is 131 Å². The van der Waals surface area contributed by atoms with Gasteiger partial charge in [0.25, 0.3) is 11.1 Å². The Balaban J connectivity index is 1.28. The van der Waals surface area contributed by atoms with Crippen molar-refractivity contribution in [2.45, 2.75) is 6.18 Å². The van der Waals surface area contributed by atoms with E-state index in [1.54, 1.807) is 18.2 Å². The number of hydrogen-bond acceptors (Lipinski definition) is 9. The van der Waals surface area contributed by atoms with Crippen LogP contribution in [-0.4, -0.2) is 59.7 Å². The van der Waals surface area contributed by atoms with Crippen LogP contribution in [0.15, 0.2) is 71.6 Å². The Kier molecular flexibility index (Phi) is 8.87. The van der Waals surface area contributed by atoms with Crippen LogP contribution in [0.3, 0.4) is 0 Å². The molecular formula is C29H23F3N4O7S. The Bertz CT molecular complexity index is 1660. The minimum atomic E-state index is -4.78. The second-order valence-electron chi connectivity index (χ2n) is 9.54. The molecule has 5 rings (SSSR count). The fourth-order valence-corrected chi connectivity index (χ4v) is 5.34. The molecule has 1 N–H and O–H groups in total. The van der Waals surface area contributed by atoms with Gasteiger partial charge in [-0.3, -0.25) is 29.4 Å². The van der Waals surface area contributed by atoms with Crippen molar-refractivity contribution in [1.29, 1.82) is 0 Å². The molecule has 3 aromatic rings. The summed E-state index contributed by atoms with van der Waals surface area (Å²) in [5.74, 6) is -1.63. The summed E-state index contributed by atoms with van der Waals surface area (Å²) in [5, 5.41) is 13.5. The molecule has 0 spiro atoms. The molecule has 2 heterocycles. The van der Waals surface area contributed by atoms with E-state index >= 15 is 0 Å². The molecular weight excluding hydrogens is 605 g/mol. The third-order valence-electron chi connectivity index (χ3n) is 6.57. The quantitative estimate of drug-likeness (QED) is 0.184. The van der Waals surface area contributed by atoms with Crippen molar-refractivity contribution < 1.29 is 42.0 Å². The third kappa shape index (κ3) is 7.01. The number of nitro groups is 1. The molecule has 0 radical (unpaired) electrons. The van der Waals surface area contributed by atoms with Gasteiger partial charge in [0, 0.05) is 19.2 Å². The van der Waals surface area contributed by atoms with Crippen LogP contribution in [0, 0.1) is 10.1 Å². The van der Waals surface area contributed by atoms with Crippen molar-refractivity contribution in [2.75, 3.05) is 43.1 Å². The molecule has 3 aromatic carbocycles. The van der Waals surface area contributed by atoms with Crippen LogP contribution in [-0.2, 0) is 20.5 Å². The number of thioether (sulfide) groups is 1. The second-order valence-corrected chi connectivity index (χ2v) is 10.5. The zero-order valence-electron chi connectivity index (χ0n) is 22.7. The Morgan fingerprint density at radius 2 is 1.82 bits per heavy atom. The molecule has 0 atom stereocenters. The molecule has 44 heavy (non-hydrogen) atoms. The zero-order chi connectivity index (χ0) is 31.4. The average molecular weight is 629 g/mol. The van der Waals surface area contributed by atoms with Crippen molar-refractivity contribution in [3.63, 3.8) is 0 Å². The van der Waals surface area contributed by atoms with Crippen molar-refractivity contribution in [3.8, 4) is 11.5 Å². The lowest BCUT2D eigenvalue weighted by Gasteiger charge is -2.30. The summed E-state index contributed by atoms with van der Waals surface area (Å²) in [7, 11) is 0. The van der Waals surface area contributed by atoms with E-state index in [1.165, 1.54) is 24.3 Å². The molecule has 0 aliphatic carbocycles. The van der Waals surface area contributed by atoms with Crippen molar-refractivity contribution in [3.05, 3.63) is 92.9 Å². The minimum absolute atomic E-state index is 0.0224. The van der Waals surface area contributed by atoms with Gasteiger partial charge in [-0.2, -0.15) is 13.2 Å². The molecule has 0 saturated carbocycles. The normalized spacial score (nSPS) is 16.4. The molecule has 2 saturated heterocycles. The number of imide groups is 1. The SMILES string of the molecule is O=C(CN1C(=O)S/C(=C/c2cccc(Oc3ccc(C(F)(F)F)cc3[N+](=O)[O-])c2)C1=O)Nc1ccccc1N1CCOCC1. The van der Waals surface area contributed by atoms with Crippen LogP contribution >= 0.6 is 11.8 Å². The molecule has 2 fully saturated rings. The van der Waals surface area contributed by atoms with Gasteiger partial charge in [0.05, 0.1) is 40.0 Å². The molecule has 0 bridgehead atoms. The number of amides is 3. The fraction of sp³-hybridized carbons (Fsp3) is 0.207. The van der Waals surface area contributed by atoms with E-state index in [2.05, 4.69) is 10.2 Å². The summed E-state index contributed by atoms with van der Waals surface area (Å²) in [6.45, 7) is 1.88. The summed E-state index contributed by atoms with van der Waals surface area (Å²) in [4.78, 5) is 51.9. The number of nitrogens with zero attached hydrogens (tertiary/aromatic N) is 3. The highest BCUT2D eigenvalue weighted by Crippen LogP contribution is 2.38. The minimum Gasteiger partial charge on any atom is -0.450 e. The summed E-state index contributed by atoms with van der Waals surface area (Å²) in [5.41, 5.74) is -0.381. The maximum atomic E-state index is 13.0. The number of rotatable bonds is 8. The van der Waals surface area contributed by atoms with Gasteiger partial charge in [0.1, 0.15) is 12.3 Å². The third-order valence-corrected chi connectivity index (χ3v) is 7.48. The Hall–Kier alpha value is -4.89. The van der Waals surface area contributed by atoms with Gasteiger partial charge in [0.2, 0.25) is 11.7 Å². The average Bonchev–Trinajstić information content (AvgIpc) is 3.24. The molecule has 3 amide bonds. The number of carbonyl (C=O) groups is 3. The first-order chi connectivity index (χ1) is 21.0. The number of para-hydroxylation sites is 2. The predicted molar refractivity (Wildman–Crippen MR) is 155 cm³/mol. The number of nitrogens with one attached hydrogen (secondary N) is 1. The van der Waals surface area contributed by atoms with Crippen LogP contribution in [0.2, 0.25) is 0 Å². The summed E-state index contributed by atoms with van der Waals surface area (Å²) < 4.78 is 50.0. The van der Waals surface area contributed by atoms with Crippen LogP contribution in [0.5, 0.6) is 11.5 Å². The number of alkyl halides is 3. The molecule has 2 aliphatic rings. The zero-order valence-corrected chi connectivity index (χ0v) is 23.5. The molecule has 0 aromatic heterocycles. The number of hydrogen-bond donors (Lipinski definition) is 1. The lowest BCUT2D eigenvalue weighted by atomic mass is 10.1. The number of nitro benzene ring substituents is 1. The number of benzene rings is 3. The first kappa shape index (κ1) is 30.6. The van der Waals surface area contributed by atoms with Crippen molar-refractivity contribution in [2.24, 2.45) is 0 Å². The van der Waals surface area contributed by atoms with E-state index in [1.807, 2.05) is 12.1 Å². The highest BCUT2D eigenvalue weighted by atomic mass is 32.2. The first-order valence-electron chi connectivity index (χ1n) is 13.1. The van der Waals surface area contributed by atoms with Gasteiger partial charge in [-0.1, -0.05) is 24.3 Å². The summed E-state index contributed by atoms with van der Waals surface area (Å²) in [6, 6.07) is 15.0. The van der Waals surface area contributed by atoms with Crippen LogP contribution in [0.1, 0.15) is 11.1 Å². The van der Waals surface area contributed by atoms with E-state index in [-0.39, 0.29) is 10.7 Å². The van der Waals surface area contributed by atoms with Gasteiger partial charge in [-0.25, -0.2) is 0 Å². The Labute approximate surface area is 252 Å². The number of anilines is 2. The van der Waals surface area contributed by atoms with Gasteiger partial charge in [0.15, 0.2) is 0 Å². The van der Waals surface area contributed by atoms with Gasteiger partial charge < -0.3 is 19.7 Å². The largest absolute Gasteiger partial charge is 0.450 e. The van der Waals surface area contributed by atoms with Gasteiger partial charge in [-0.05, 0) is 59.8 Å². The smallest absolute Gasteiger partial charge is 0.416 e. The Morgan fingerprint density at radius 3 is 2.55 bits per heavy atom. The molecule has 15 heteroatoms. The molecule has 2 aliphatic heterocycles. The van der Waals surface area contributed by atoms with E-state index in [4.69, 9.17) is 9.47 Å². The Morgan fingerprint density at radius 1 is 1.07 bits per heavy atom. The highest BCUT2D eigenvalue weighted by molar-refractivity contribution is 8.18.